The van der Waals surface area contributed by atoms with Crippen LogP contribution in [0.15, 0.2) is 5.16 Å². The zero-order valence-electron chi connectivity index (χ0n) is 10.0. The molecule has 0 atom stereocenters. The molecule has 0 aliphatic carbocycles. The van der Waals surface area contributed by atoms with Crippen molar-refractivity contribution in [3.05, 3.63) is 5.82 Å². The summed E-state index contributed by atoms with van der Waals surface area (Å²) >= 11 is 0. The van der Waals surface area contributed by atoms with Crippen LogP contribution in [0, 0.1) is 0 Å². The summed E-state index contributed by atoms with van der Waals surface area (Å²) in [5.41, 5.74) is 0. The van der Waals surface area contributed by atoms with Gasteiger partial charge in [0.15, 0.2) is 0 Å². The molecule has 110 valence electrons. The molecule has 0 saturated heterocycles. The first-order chi connectivity index (χ1) is 8.65. The lowest BCUT2D eigenvalue weighted by molar-refractivity contribution is -0.134. The fourth-order valence-corrected chi connectivity index (χ4v) is 2.03. The minimum Gasteiger partial charge on any atom is -0.383 e. The van der Waals surface area contributed by atoms with Crippen LogP contribution in [0.5, 0.6) is 0 Å². The molecule has 0 aromatic carbocycles. The van der Waals surface area contributed by atoms with Crippen LogP contribution < -0.4 is 5.14 Å². The number of aromatic nitrogens is 3. The Bertz CT molecular complexity index is 526. The van der Waals surface area contributed by atoms with Crippen molar-refractivity contribution in [2.45, 2.75) is 30.7 Å². The van der Waals surface area contributed by atoms with Crippen molar-refractivity contribution in [1.29, 1.82) is 0 Å². The van der Waals surface area contributed by atoms with Crippen molar-refractivity contribution in [3.63, 3.8) is 0 Å². The van der Waals surface area contributed by atoms with E-state index in [4.69, 9.17) is 9.88 Å². The molecule has 0 saturated carbocycles. The molecule has 1 aromatic heterocycles. The zero-order chi connectivity index (χ0) is 14.7. The lowest BCUT2D eigenvalue weighted by Crippen LogP contribution is -2.21. The molecule has 1 rings (SSSR count). The molecule has 0 amide bonds. The Kier molecular flexibility index (Phi) is 4.87. The second kappa shape index (κ2) is 5.84. The lowest BCUT2D eigenvalue weighted by atomic mass is 10.3. The number of aryl methyl sites for hydroxylation is 1. The molecule has 0 bridgehead atoms. The van der Waals surface area contributed by atoms with E-state index >= 15 is 0 Å². The number of nitrogens with zero attached hydrogens (tertiary/aromatic N) is 3. The molecule has 1 aromatic rings. The largest absolute Gasteiger partial charge is 0.389 e. The van der Waals surface area contributed by atoms with Gasteiger partial charge >= 0.3 is 6.18 Å². The van der Waals surface area contributed by atoms with E-state index in [0.717, 1.165) is 4.57 Å². The van der Waals surface area contributed by atoms with Crippen LogP contribution in [0.3, 0.4) is 0 Å². The van der Waals surface area contributed by atoms with Crippen LogP contribution in [-0.2, 0) is 27.7 Å². The summed E-state index contributed by atoms with van der Waals surface area (Å²) in [7, 11) is -2.77. The van der Waals surface area contributed by atoms with Gasteiger partial charge in [-0.15, -0.1) is 10.2 Å². The number of hydrogen-bond donors (Lipinski definition) is 1. The first-order valence-corrected chi connectivity index (χ1v) is 6.70. The number of methoxy groups -OCH3 is 1. The highest BCUT2D eigenvalue weighted by molar-refractivity contribution is 7.89. The second-order valence-corrected chi connectivity index (χ2v) is 5.16. The van der Waals surface area contributed by atoms with E-state index in [1.54, 1.807) is 0 Å². The van der Waals surface area contributed by atoms with Crippen LogP contribution in [0.2, 0.25) is 0 Å². The topological polar surface area (TPSA) is 100 Å². The van der Waals surface area contributed by atoms with Crippen LogP contribution in [-0.4, -0.2) is 43.1 Å². The molecule has 19 heavy (non-hydrogen) atoms. The molecule has 0 aliphatic heterocycles. The molecule has 0 fully saturated rings. The molecular weight excluding hydrogens is 289 g/mol. The standard InChI is InChI=1S/C8H13F3N4O3S/c1-18-5-4-15-6(2-3-8(9,10)11)13-14-7(15)19(12,16)17/h2-5H2,1H3,(H2,12,16,17). The normalized spacial score (nSPS) is 12.9. The van der Waals surface area contributed by atoms with Gasteiger partial charge in [0, 0.05) is 20.1 Å². The van der Waals surface area contributed by atoms with Gasteiger partial charge in [-0.3, -0.25) is 4.57 Å². The summed E-state index contributed by atoms with van der Waals surface area (Å²) in [4.78, 5) is 0. The van der Waals surface area contributed by atoms with E-state index < -0.39 is 34.2 Å². The third-order valence-electron chi connectivity index (χ3n) is 2.20. The molecule has 0 unspecified atom stereocenters. The fraction of sp³-hybridized carbons (Fsp3) is 0.750. The van der Waals surface area contributed by atoms with Crippen molar-refractivity contribution in [3.8, 4) is 0 Å². The quantitative estimate of drug-likeness (QED) is 0.801. The summed E-state index contributed by atoms with van der Waals surface area (Å²) in [6, 6.07) is 0. The van der Waals surface area contributed by atoms with Gasteiger partial charge in [0.05, 0.1) is 13.0 Å². The summed E-state index contributed by atoms with van der Waals surface area (Å²) in [5, 5.41) is 11.1. The summed E-state index contributed by atoms with van der Waals surface area (Å²) in [6.45, 7) is 0.0992. The Morgan fingerprint density at radius 2 is 2.00 bits per heavy atom. The third kappa shape index (κ3) is 4.76. The molecule has 7 nitrogen and oxygen atoms in total. The SMILES string of the molecule is COCCn1c(CCC(F)(F)F)nnc1S(N)(=O)=O. The molecule has 0 aliphatic rings. The van der Waals surface area contributed by atoms with Gasteiger partial charge in [0.25, 0.3) is 15.2 Å². The van der Waals surface area contributed by atoms with E-state index in [-0.39, 0.29) is 19.0 Å². The average molecular weight is 302 g/mol. The Balaban J connectivity index is 3.01. The average Bonchev–Trinajstić information content (AvgIpc) is 2.65. The van der Waals surface area contributed by atoms with E-state index in [0.29, 0.717) is 0 Å². The molecular formula is C8H13F3N4O3S. The van der Waals surface area contributed by atoms with Gasteiger partial charge in [0.2, 0.25) is 0 Å². The first kappa shape index (κ1) is 15.9. The number of nitrogens with two attached hydrogens (primary N) is 1. The molecule has 0 radical (unpaired) electrons. The minimum absolute atomic E-state index is 0.00243. The lowest BCUT2D eigenvalue weighted by Gasteiger charge is -2.09. The van der Waals surface area contributed by atoms with Gasteiger partial charge in [-0.1, -0.05) is 0 Å². The summed E-state index contributed by atoms with van der Waals surface area (Å²) in [6.07, 6.45) is -5.96. The number of alkyl halides is 3. The maximum absolute atomic E-state index is 12.1. The number of hydrogen-bond acceptors (Lipinski definition) is 5. The highest BCUT2D eigenvalue weighted by Crippen LogP contribution is 2.22. The number of ether oxygens (including phenoxy) is 1. The molecule has 11 heteroatoms. The zero-order valence-corrected chi connectivity index (χ0v) is 10.8. The summed E-state index contributed by atoms with van der Waals surface area (Å²) in [5.74, 6) is -0.0987. The maximum atomic E-state index is 12.1. The van der Waals surface area contributed by atoms with E-state index in [9.17, 15) is 21.6 Å². The van der Waals surface area contributed by atoms with E-state index in [1.165, 1.54) is 7.11 Å². The maximum Gasteiger partial charge on any atom is 0.389 e. The predicted molar refractivity (Wildman–Crippen MR) is 57.6 cm³/mol. The van der Waals surface area contributed by atoms with Crippen LogP contribution in [0.25, 0.3) is 0 Å². The van der Waals surface area contributed by atoms with Crippen LogP contribution in [0.1, 0.15) is 12.2 Å². The van der Waals surface area contributed by atoms with Crippen LogP contribution in [0.4, 0.5) is 13.2 Å². The predicted octanol–water partition coefficient (Wildman–Crippen LogP) is 0.0668. The second-order valence-electron chi connectivity index (χ2n) is 3.70. The summed E-state index contributed by atoms with van der Waals surface area (Å²) < 4.78 is 64.6. The fourth-order valence-electron chi connectivity index (χ4n) is 1.38. The van der Waals surface area contributed by atoms with Gasteiger partial charge in [-0.05, 0) is 0 Å². The number of sulfonamides is 1. The van der Waals surface area contributed by atoms with Gasteiger partial charge in [0.1, 0.15) is 5.82 Å². The first-order valence-electron chi connectivity index (χ1n) is 5.15. The van der Waals surface area contributed by atoms with Crippen molar-refractivity contribution in [1.82, 2.24) is 14.8 Å². The molecule has 1 heterocycles. The Labute approximate surface area is 107 Å². The molecule has 2 N–H and O–H groups in total. The smallest absolute Gasteiger partial charge is 0.383 e. The Hall–Kier alpha value is -1.20. The van der Waals surface area contributed by atoms with Gasteiger partial charge < -0.3 is 4.74 Å². The van der Waals surface area contributed by atoms with Crippen molar-refractivity contribution in [2.24, 2.45) is 5.14 Å². The van der Waals surface area contributed by atoms with E-state index in [1.807, 2.05) is 0 Å². The van der Waals surface area contributed by atoms with E-state index in [2.05, 4.69) is 10.2 Å². The van der Waals surface area contributed by atoms with Crippen LogP contribution >= 0.6 is 0 Å². The third-order valence-corrected chi connectivity index (χ3v) is 3.01. The van der Waals surface area contributed by atoms with Crippen molar-refractivity contribution < 1.29 is 26.3 Å². The van der Waals surface area contributed by atoms with Gasteiger partial charge in [-0.2, -0.15) is 13.2 Å². The minimum atomic E-state index is -4.36. The monoisotopic (exact) mass is 302 g/mol. The highest BCUT2D eigenvalue weighted by atomic mass is 32.2. The molecule has 0 spiro atoms. The van der Waals surface area contributed by atoms with Crippen molar-refractivity contribution >= 4 is 10.0 Å². The van der Waals surface area contributed by atoms with Crippen molar-refractivity contribution in [2.75, 3.05) is 13.7 Å². The highest BCUT2D eigenvalue weighted by Gasteiger charge is 2.29. The Morgan fingerprint density at radius 1 is 1.37 bits per heavy atom. The number of primary sulfonamides is 1. The van der Waals surface area contributed by atoms with Gasteiger partial charge in [-0.25, -0.2) is 13.6 Å². The number of halogens is 3. The Morgan fingerprint density at radius 3 is 2.47 bits per heavy atom. The number of rotatable bonds is 6.